The Balaban J connectivity index is 1.94. The molecule has 2 N–H and O–H groups in total. The van der Waals surface area contributed by atoms with Gasteiger partial charge in [-0.3, -0.25) is 4.90 Å². The standard InChI is InChI=1S/C23H20F3N5O2S/c1-34(32,33)21-29-18-12-31(11-15-6-3-2-4-7-15)14-22(13-27,19(18)20(28)30-21)16-8-5-9-17(10-16)23(24,25)26/h2-10H,11-12,14H2,1H3,(H2,28,29,30). The molecule has 0 radical (unpaired) electrons. The molecule has 0 fully saturated rings. The molecule has 0 bridgehead atoms. The van der Waals surface area contributed by atoms with E-state index < -0.39 is 32.1 Å². The number of nitrogens with zero attached hydrogens (tertiary/aromatic N) is 4. The quantitative estimate of drug-likeness (QED) is 0.562. The summed E-state index contributed by atoms with van der Waals surface area (Å²) in [6, 6.07) is 16.0. The van der Waals surface area contributed by atoms with Crippen LogP contribution in [0.2, 0.25) is 0 Å². The maximum atomic E-state index is 13.5. The summed E-state index contributed by atoms with van der Waals surface area (Å²) in [5.74, 6) is -0.247. The number of alkyl halides is 3. The van der Waals surface area contributed by atoms with Crippen molar-refractivity contribution >= 4 is 15.7 Å². The molecule has 0 amide bonds. The Kier molecular flexibility index (Phi) is 5.83. The molecule has 1 aliphatic heterocycles. The number of nitrogens with two attached hydrogens (primary N) is 1. The third-order valence-corrected chi connectivity index (χ3v) is 6.55. The summed E-state index contributed by atoms with van der Waals surface area (Å²) in [4.78, 5) is 9.91. The minimum atomic E-state index is -4.62. The van der Waals surface area contributed by atoms with Gasteiger partial charge >= 0.3 is 6.18 Å². The van der Waals surface area contributed by atoms with Gasteiger partial charge in [0.05, 0.1) is 17.3 Å². The number of aromatic nitrogens is 2. The first-order valence-corrected chi connectivity index (χ1v) is 12.1. The largest absolute Gasteiger partial charge is 0.416 e. The van der Waals surface area contributed by atoms with Crippen LogP contribution in [0, 0.1) is 11.3 Å². The first kappa shape index (κ1) is 23.7. The number of benzene rings is 2. The average Bonchev–Trinajstić information content (AvgIpc) is 2.78. The van der Waals surface area contributed by atoms with E-state index in [1.54, 1.807) is 0 Å². The van der Waals surface area contributed by atoms with E-state index in [0.717, 1.165) is 24.0 Å². The summed E-state index contributed by atoms with van der Waals surface area (Å²) in [6.45, 7) is 0.515. The van der Waals surface area contributed by atoms with E-state index in [2.05, 4.69) is 16.0 Å². The molecule has 34 heavy (non-hydrogen) atoms. The first-order valence-electron chi connectivity index (χ1n) is 10.2. The van der Waals surface area contributed by atoms with Crippen LogP contribution in [-0.2, 0) is 34.5 Å². The Morgan fingerprint density at radius 1 is 1.15 bits per heavy atom. The van der Waals surface area contributed by atoms with Gasteiger partial charge in [0, 0.05) is 31.5 Å². The van der Waals surface area contributed by atoms with Gasteiger partial charge in [-0.25, -0.2) is 18.4 Å². The van der Waals surface area contributed by atoms with Gasteiger partial charge in [0.25, 0.3) is 0 Å². The van der Waals surface area contributed by atoms with E-state index in [0.29, 0.717) is 6.54 Å². The van der Waals surface area contributed by atoms with Crippen molar-refractivity contribution in [3.63, 3.8) is 0 Å². The van der Waals surface area contributed by atoms with Crippen molar-refractivity contribution in [3.05, 3.63) is 82.5 Å². The van der Waals surface area contributed by atoms with Gasteiger partial charge in [-0.05, 0) is 23.3 Å². The van der Waals surface area contributed by atoms with Crippen molar-refractivity contribution in [2.75, 3.05) is 18.5 Å². The fourth-order valence-electron chi connectivity index (χ4n) is 4.24. The van der Waals surface area contributed by atoms with Crippen LogP contribution >= 0.6 is 0 Å². The highest BCUT2D eigenvalue weighted by molar-refractivity contribution is 7.90. The summed E-state index contributed by atoms with van der Waals surface area (Å²) < 4.78 is 64.7. The third-order valence-electron chi connectivity index (χ3n) is 5.71. The van der Waals surface area contributed by atoms with Crippen LogP contribution in [0.25, 0.3) is 0 Å². The van der Waals surface area contributed by atoms with E-state index in [9.17, 15) is 26.9 Å². The Bertz CT molecular complexity index is 1390. The number of sulfone groups is 1. The molecule has 2 heterocycles. The molecule has 1 atom stereocenters. The van der Waals surface area contributed by atoms with Gasteiger partial charge < -0.3 is 5.73 Å². The minimum Gasteiger partial charge on any atom is -0.383 e. The molecule has 0 saturated heterocycles. The van der Waals surface area contributed by atoms with Crippen molar-refractivity contribution in [2.45, 2.75) is 29.8 Å². The van der Waals surface area contributed by atoms with Gasteiger partial charge in [-0.2, -0.15) is 18.4 Å². The number of fused-ring (bicyclic) bond motifs is 1. The van der Waals surface area contributed by atoms with Crippen LogP contribution in [-0.4, -0.2) is 36.1 Å². The van der Waals surface area contributed by atoms with Crippen LogP contribution in [0.15, 0.2) is 59.8 Å². The van der Waals surface area contributed by atoms with Gasteiger partial charge in [0.2, 0.25) is 15.0 Å². The summed E-state index contributed by atoms with van der Waals surface area (Å²) in [5, 5.41) is 9.89. The zero-order valence-electron chi connectivity index (χ0n) is 18.0. The Hall–Kier alpha value is -3.49. The highest BCUT2D eigenvalue weighted by Gasteiger charge is 2.46. The fourth-order valence-corrected chi connectivity index (χ4v) is 4.78. The monoisotopic (exact) mass is 487 g/mol. The molecule has 0 spiro atoms. The van der Waals surface area contributed by atoms with Gasteiger partial charge in [-0.1, -0.05) is 42.5 Å². The van der Waals surface area contributed by atoms with E-state index >= 15 is 0 Å². The van der Waals surface area contributed by atoms with Gasteiger partial charge in [0.1, 0.15) is 11.2 Å². The molecule has 0 aliphatic carbocycles. The summed E-state index contributed by atoms with van der Waals surface area (Å²) in [6.07, 6.45) is -3.68. The van der Waals surface area contributed by atoms with Gasteiger partial charge in [0.15, 0.2) is 0 Å². The van der Waals surface area contributed by atoms with Crippen molar-refractivity contribution in [2.24, 2.45) is 0 Å². The molecule has 1 unspecified atom stereocenters. The maximum Gasteiger partial charge on any atom is 0.416 e. The number of hydrogen-bond acceptors (Lipinski definition) is 7. The number of halogens is 3. The van der Waals surface area contributed by atoms with Crippen LogP contribution in [0.4, 0.5) is 19.0 Å². The Morgan fingerprint density at radius 3 is 2.47 bits per heavy atom. The Morgan fingerprint density at radius 2 is 1.85 bits per heavy atom. The highest BCUT2D eigenvalue weighted by atomic mass is 32.2. The lowest BCUT2D eigenvalue weighted by molar-refractivity contribution is -0.137. The summed E-state index contributed by atoms with van der Waals surface area (Å²) in [7, 11) is -3.82. The Labute approximate surface area is 194 Å². The highest BCUT2D eigenvalue weighted by Crippen LogP contribution is 2.43. The number of nitrogen functional groups attached to an aromatic ring is 1. The van der Waals surface area contributed by atoms with Crippen molar-refractivity contribution < 1.29 is 21.6 Å². The van der Waals surface area contributed by atoms with Crippen molar-refractivity contribution in [1.82, 2.24) is 14.9 Å². The number of anilines is 1. The van der Waals surface area contributed by atoms with E-state index in [4.69, 9.17) is 5.73 Å². The van der Waals surface area contributed by atoms with E-state index in [1.165, 1.54) is 12.1 Å². The lowest BCUT2D eigenvalue weighted by Gasteiger charge is -2.40. The number of nitriles is 1. The van der Waals surface area contributed by atoms with Gasteiger partial charge in [-0.15, -0.1) is 0 Å². The van der Waals surface area contributed by atoms with E-state index in [-0.39, 0.29) is 35.7 Å². The van der Waals surface area contributed by atoms with Crippen LogP contribution in [0.1, 0.15) is 27.9 Å². The summed E-state index contributed by atoms with van der Waals surface area (Å²) in [5.41, 5.74) is 4.89. The molecular weight excluding hydrogens is 467 g/mol. The third kappa shape index (κ3) is 4.34. The lowest BCUT2D eigenvalue weighted by atomic mass is 9.72. The SMILES string of the molecule is CS(=O)(=O)c1nc(N)c2c(n1)CN(Cc1ccccc1)CC2(C#N)c1cccc(C(F)(F)F)c1. The second-order valence-electron chi connectivity index (χ2n) is 8.21. The molecule has 1 aliphatic rings. The summed E-state index contributed by atoms with van der Waals surface area (Å²) >= 11 is 0. The molecule has 176 valence electrons. The minimum absolute atomic E-state index is 0.0124. The zero-order chi connectivity index (χ0) is 24.7. The second-order valence-corrected chi connectivity index (χ2v) is 10.1. The predicted octanol–water partition coefficient (Wildman–Crippen LogP) is 3.31. The second kappa shape index (κ2) is 8.38. The van der Waals surface area contributed by atoms with Crippen molar-refractivity contribution in [1.29, 1.82) is 5.26 Å². The molecular formula is C23H20F3N5O2S. The normalized spacial score (nSPS) is 18.8. The number of hydrogen-bond donors (Lipinski definition) is 1. The molecule has 2 aromatic carbocycles. The molecule has 7 nitrogen and oxygen atoms in total. The average molecular weight is 488 g/mol. The predicted molar refractivity (Wildman–Crippen MR) is 118 cm³/mol. The topological polar surface area (TPSA) is 113 Å². The lowest BCUT2D eigenvalue weighted by Crippen LogP contribution is -2.46. The number of rotatable bonds is 4. The first-order chi connectivity index (χ1) is 15.9. The molecule has 1 aromatic heterocycles. The van der Waals surface area contributed by atoms with Crippen LogP contribution < -0.4 is 5.73 Å². The smallest absolute Gasteiger partial charge is 0.383 e. The fraction of sp³-hybridized carbons (Fsp3) is 0.261. The molecule has 0 saturated carbocycles. The van der Waals surface area contributed by atoms with Crippen LogP contribution in [0.5, 0.6) is 0 Å². The van der Waals surface area contributed by atoms with E-state index in [1.807, 2.05) is 35.2 Å². The van der Waals surface area contributed by atoms with Crippen LogP contribution in [0.3, 0.4) is 0 Å². The zero-order valence-corrected chi connectivity index (χ0v) is 18.9. The molecule has 4 rings (SSSR count). The van der Waals surface area contributed by atoms with Crippen molar-refractivity contribution in [3.8, 4) is 6.07 Å². The molecule has 3 aromatic rings. The molecule has 11 heteroatoms. The maximum absolute atomic E-state index is 13.5.